The van der Waals surface area contributed by atoms with Crippen LogP contribution in [0.2, 0.25) is 0 Å². The molecule has 1 rings (SSSR count). The predicted octanol–water partition coefficient (Wildman–Crippen LogP) is 1.20. The maximum atomic E-state index is 3.82. The molecule has 0 unspecified atom stereocenters. The largest absolute Gasteiger partial charge is 0.361 e. The summed E-state index contributed by atoms with van der Waals surface area (Å²) >= 11 is 0. The molecule has 0 bridgehead atoms. The fourth-order valence-electron chi connectivity index (χ4n) is 0.777. The van der Waals surface area contributed by atoms with Gasteiger partial charge in [-0.25, -0.2) is 0 Å². The Balaban J connectivity index is 2.50. The van der Waals surface area contributed by atoms with E-state index in [0.29, 0.717) is 0 Å². The molecule has 0 saturated carbocycles. The van der Waals surface area contributed by atoms with Crippen LogP contribution >= 0.6 is 0 Å². The van der Waals surface area contributed by atoms with E-state index >= 15 is 0 Å². The number of hydrogen-bond donors (Lipinski definition) is 0. The third kappa shape index (κ3) is 1.25. The quantitative estimate of drug-likeness (QED) is 0.518. The summed E-state index contributed by atoms with van der Waals surface area (Å²) in [5.41, 5.74) is 1.09. The highest BCUT2D eigenvalue weighted by Crippen LogP contribution is 2.08. The summed E-state index contributed by atoms with van der Waals surface area (Å²) in [6.45, 7) is 6.76. The van der Waals surface area contributed by atoms with Gasteiger partial charge in [0, 0.05) is 25.1 Å². The van der Waals surface area contributed by atoms with E-state index in [1.165, 1.54) is 0 Å². The third-order valence-electron chi connectivity index (χ3n) is 1.37. The van der Waals surface area contributed by atoms with Gasteiger partial charge in [0.25, 0.3) is 0 Å². The van der Waals surface area contributed by atoms with Crippen LogP contribution in [0.15, 0.2) is 24.7 Å². The van der Waals surface area contributed by atoms with E-state index in [1.807, 2.05) is 26.4 Å². The second-order valence-electron chi connectivity index (χ2n) is 2.40. The molecule has 0 saturated heterocycles. The summed E-state index contributed by atoms with van der Waals surface area (Å²) < 4.78 is 0. The van der Waals surface area contributed by atoms with Crippen molar-refractivity contribution in [3.8, 4) is 0 Å². The minimum Gasteiger partial charge on any atom is -0.361 e. The molecule has 0 N–H and O–H groups in total. The third-order valence-corrected chi connectivity index (χ3v) is 1.37. The van der Waals surface area contributed by atoms with Crippen molar-refractivity contribution < 1.29 is 0 Å². The van der Waals surface area contributed by atoms with Gasteiger partial charge in [0.2, 0.25) is 0 Å². The van der Waals surface area contributed by atoms with Crippen LogP contribution in [0.5, 0.6) is 0 Å². The minimum atomic E-state index is 0.940. The average molecular weight is 124 g/mol. The van der Waals surface area contributed by atoms with Gasteiger partial charge >= 0.3 is 0 Å². The fraction of sp³-hybridized carbons (Fsp3) is 0.429. The number of nitrogens with zero attached hydrogens (tertiary/aromatic N) is 2. The number of rotatable bonds is 1. The van der Waals surface area contributed by atoms with Gasteiger partial charge in [-0.05, 0) is 6.92 Å². The van der Waals surface area contributed by atoms with Gasteiger partial charge < -0.3 is 9.80 Å². The Hall–Kier alpha value is -0.920. The molecule has 50 valence electrons. The molecule has 0 aromatic carbocycles. The lowest BCUT2D eigenvalue weighted by atomic mass is 10.5. The zero-order valence-corrected chi connectivity index (χ0v) is 5.96. The lowest BCUT2D eigenvalue weighted by Gasteiger charge is -2.16. The molecule has 1 aliphatic rings. The van der Waals surface area contributed by atoms with Crippen molar-refractivity contribution in [1.82, 2.24) is 9.80 Å². The zero-order valence-electron chi connectivity index (χ0n) is 5.96. The van der Waals surface area contributed by atoms with Crippen molar-refractivity contribution in [2.24, 2.45) is 0 Å². The van der Waals surface area contributed by atoms with E-state index in [-0.39, 0.29) is 0 Å². The molecular formula is C7H12N2. The Kier molecular flexibility index (Phi) is 1.47. The summed E-state index contributed by atoms with van der Waals surface area (Å²) in [6, 6.07) is 0. The standard InChI is InChI=1S/C7H12N2/c1-7(2)9-5-4-8(3)6-9/h4-5H,1,6H2,2-3H3. The van der Waals surface area contributed by atoms with Crippen molar-refractivity contribution in [2.45, 2.75) is 6.92 Å². The monoisotopic (exact) mass is 124 g/mol. The summed E-state index contributed by atoms with van der Waals surface area (Å²) in [4.78, 5) is 4.20. The van der Waals surface area contributed by atoms with Crippen LogP contribution in [0.1, 0.15) is 6.92 Å². The molecule has 0 aromatic heterocycles. The van der Waals surface area contributed by atoms with Gasteiger partial charge in [0.1, 0.15) is 0 Å². The fourth-order valence-corrected chi connectivity index (χ4v) is 0.777. The predicted molar refractivity (Wildman–Crippen MR) is 38.4 cm³/mol. The van der Waals surface area contributed by atoms with Crippen molar-refractivity contribution in [3.63, 3.8) is 0 Å². The van der Waals surface area contributed by atoms with Crippen LogP contribution in [-0.4, -0.2) is 23.5 Å². The summed E-state index contributed by atoms with van der Waals surface area (Å²) in [6.07, 6.45) is 4.07. The molecule has 1 heterocycles. The van der Waals surface area contributed by atoms with E-state index in [0.717, 1.165) is 12.4 Å². The Morgan fingerprint density at radius 3 is 2.44 bits per heavy atom. The Labute approximate surface area is 56.1 Å². The Morgan fingerprint density at radius 1 is 1.56 bits per heavy atom. The van der Waals surface area contributed by atoms with Crippen LogP contribution in [0.3, 0.4) is 0 Å². The average Bonchev–Trinajstić information content (AvgIpc) is 2.14. The lowest BCUT2D eigenvalue weighted by Crippen LogP contribution is -2.19. The first-order chi connectivity index (χ1) is 4.20. The van der Waals surface area contributed by atoms with Crippen LogP contribution < -0.4 is 0 Å². The highest BCUT2D eigenvalue weighted by Gasteiger charge is 2.06. The number of allylic oxidation sites excluding steroid dienone is 1. The van der Waals surface area contributed by atoms with Crippen LogP contribution in [0.25, 0.3) is 0 Å². The Morgan fingerprint density at radius 2 is 2.22 bits per heavy atom. The van der Waals surface area contributed by atoms with Gasteiger partial charge in [-0.2, -0.15) is 0 Å². The summed E-state index contributed by atoms with van der Waals surface area (Å²) in [5, 5.41) is 0. The SMILES string of the molecule is C=C(C)N1C=CN(C)C1. The molecule has 0 radical (unpaired) electrons. The molecule has 1 aliphatic heterocycles. The first-order valence-corrected chi connectivity index (χ1v) is 3.01. The Bertz CT molecular complexity index is 149. The van der Waals surface area contributed by atoms with Crippen molar-refractivity contribution >= 4 is 0 Å². The van der Waals surface area contributed by atoms with Crippen molar-refractivity contribution in [2.75, 3.05) is 13.7 Å². The second kappa shape index (κ2) is 2.13. The van der Waals surface area contributed by atoms with Crippen LogP contribution in [-0.2, 0) is 0 Å². The van der Waals surface area contributed by atoms with Gasteiger partial charge in [-0.3, -0.25) is 0 Å². The molecule has 0 amide bonds. The molecule has 0 spiro atoms. The molecule has 0 fully saturated rings. The maximum absolute atomic E-state index is 3.82. The van der Waals surface area contributed by atoms with Crippen LogP contribution in [0, 0.1) is 0 Å². The summed E-state index contributed by atoms with van der Waals surface area (Å²) in [5.74, 6) is 0. The molecular weight excluding hydrogens is 112 g/mol. The van der Waals surface area contributed by atoms with Gasteiger partial charge in [0.15, 0.2) is 0 Å². The maximum Gasteiger partial charge on any atom is 0.0935 e. The van der Waals surface area contributed by atoms with Gasteiger partial charge in [0.05, 0.1) is 6.67 Å². The van der Waals surface area contributed by atoms with E-state index in [9.17, 15) is 0 Å². The van der Waals surface area contributed by atoms with Crippen LogP contribution in [0.4, 0.5) is 0 Å². The van der Waals surface area contributed by atoms with E-state index in [1.54, 1.807) is 0 Å². The molecule has 9 heavy (non-hydrogen) atoms. The lowest BCUT2D eigenvalue weighted by molar-refractivity contribution is 0.347. The van der Waals surface area contributed by atoms with Gasteiger partial charge in [-0.1, -0.05) is 6.58 Å². The zero-order chi connectivity index (χ0) is 6.85. The van der Waals surface area contributed by atoms with E-state index < -0.39 is 0 Å². The normalized spacial score (nSPS) is 17.1. The second-order valence-corrected chi connectivity index (χ2v) is 2.40. The highest BCUT2D eigenvalue weighted by atomic mass is 15.3. The first-order valence-electron chi connectivity index (χ1n) is 3.01. The molecule has 2 nitrogen and oxygen atoms in total. The smallest absolute Gasteiger partial charge is 0.0935 e. The van der Waals surface area contributed by atoms with E-state index in [4.69, 9.17) is 0 Å². The minimum absolute atomic E-state index is 0.940. The molecule has 0 aliphatic carbocycles. The molecule has 0 aromatic rings. The topological polar surface area (TPSA) is 6.48 Å². The highest BCUT2D eigenvalue weighted by molar-refractivity contribution is 5.01. The molecule has 2 heteroatoms. The number of hydrogen-bond acceptors (Lipinski definition) is 2. The first kappa shape index (κ1) is 6.20. The molecule has 0 atom stereocenters. The van der Waals surface area contributed by atoms with Crippen molar-refractivity contribution in [3.05, 3.63) is 24.7 Å². The summed E-state index contributed by atoms with van der Waals surface area (Å²) in [7, 11) is 2.04. The van der Waals surface area contributed by atoms with Gasteiger partial charge in [-0.15, -0.1) is 0 Å². The van der Waals surface area contributed by atoms with E-state index in [2.05, 4.69) is 16.4 Å². The van der Waals surface area contributed by atoms with Crippen molar-refractivity contribution in [1.29, 1.82) is 0 Å².